The van der Waals surface area contributed by atoms with Gasteiger partial charge >= 0.3 is 6.30 Å². The molecule has 2 aromatic carbocycles. The van der Waals surface area contributed by atoms with Crippen molar-refractivity contribution in [2.24, 2.45) is 0 Å². The molecule has 0 aliphatic heterocycles. The van der Waals surface area contributed by atoms with Crippen LogP contribution in [0.15, 0.2) is 41.0 Å². The summed E-state index contributed by atoms with van der Waals surface area (Å²) in [6.45, 7) is 1.88. The van der Waals surface area contributed by atoms with Gasteiger partial charge in [-0.1, -0.05) is 12.1 Å². The zero-order chi connectivity index (χ0) is 20.8. The van der Waals surface area contributed by atoms with Crippen LogP contribution in [0.1, 0.15) is 11.4 Å². The summed E-state index contributed by atoms with van der Waals surface area (Å²) in [5, 5.41) is 4.24. The molecule has 2 aromatic heterocycles. The van der Waals surface area contributed by atoms with Crippen molar-refractivity contribution in [3.8, 4) is 11.6 Å². The second kappa shape index (κ2) is 7.18. The molecular weight excluding hydrogens is 453 g/mol. The number of fused-ring (bicyclic) bond motifs is 3. The van der Waals surface area contributed by atoms with Gasteiger partial charge in [0.05, 0.1) is 29.7 Å². The van der Waals surface area contributed by atoms with Gasteiger partial charge < -0.3 is 9.47 Å². The molecule has 4 rings (SSSR count). The Balaban J connectivity index is 1.79. The van der Waals surface area contributed by atoms with Gasteiger partial charge in [-0.15, -0.1) is 13.2 Å². The Morgan fingerprint density at radius 1 is 1.10 bits per heavy atom. The van der Waals surface area contributed by atoms with Crippen LogP contribution in [-0.4, -0.2) is 26.9 Å². The number of rotatable bonds is 4. The molecule has 0 fully saturated rings. The van der Waals surface area contributed by atoms with E-state index in [1.165, 1.54) is 6.07 Å². The van der Waals surface area contributed by atoms with Crippen molar-refractivity contribution in [2.75, 3.05) is 7.11 Å². The average Bonchev–Trinajstić information content (AvgIpc) is 3.14. The third-order valence-electron chi connectivity index (χ3n) is 4.32. The minimum atomic E-state index is -4.65. The molecule has 10 heteroatoms. The standard InChI is InChI=1S/C19H14BrF3N4O2/c1-10-25-16-13(7-15(20)17-14(16)8-24-27(17)19(21,22)23)18(26-10)29-9-11-3-5-12(28-2)6-4-11/h3-8H,9H2,1-2H3. The van der Waals surface area contributed by atoms with Crippen molar-refractivity contribution < 1.29 is 22.6 Å². The first kappa shape index (κ1) is 19.4. The number of halogens is 4. The van der Waals surface area contributed by atoms with Gasteiger partial charge in [0.1, 0.15) is 18.2 Å². The highest BCUT2D eigenvalue weighted by Gasteiger charge is 2.34. The van der Waals surface area contributed by atoms with Crippen molar-refractivity contribution in [3.05, 3.63) is 52.4 Å². The number of nitrogens with zero attached hydrogens (tertiary/aromatic N) is 4. The predicted octanol–water partition coefficient (Wildman–Crippen LogP) is 5.11. The van der Waals surface area contributed by atoms with Crippen LogP contribution in [0.4, 0.5) is 13.2 Å². The minimum Gasteiger partial charge on any atom is -0.497 e. The molecule has 6 nitrogen and oxygen atoms in total. The molecule has 0 bridgehead atoms. The number of aryl methyl sites for hydroxylation is 1. The zero-order valence-electron chi connectivity index (χ0n) is 15.3. The van der Waals surface area contributed by atoms with Crippen LogP contribution in [0.2, 0.25) is 0 Å². The topological polar surface area (TPSA) is 62.1 Å². The van der Waals surface area contributed by atoms with Crippen molar-refractivity contribution in [2.45, 2.75) is 19.8 Å². The molecule has 0 radical (unpaired) electrons. The summed E-state index contributed by atoms with van der Waals surface area (Å²) in [5.41, 5.74) is 1.13. The van der Waals surface area contributed by atoms with E-state index in [1.54, 1.807) is 14.0 Å². The van der Waals surface area contributed by atoms with Gasteiger partial charge in [0.2, 0.25) is 5.88 Å². The summed E-state index contributed by atoms with van der Waals surface area (Å²) < 4.78 is 51.0. The van der Waals surface area contributed by atoms with Gasteiger partial charge in [-0.2, -0.15) is 14.8 Å². The number of hydrogen-bond acceptors (Lipinski definition) is 5. The molecule has 0 saturated carbocycles. The number of alkyl halides is 3. The zero-order valence-corrected chi connectivity index (χ0v) is 16.9. The van der Waals surface area contributed by atoms with Crippen LogP contribution < -0.4 is 9.47 Å². The van der Waals surface area contributed by atoms with Crippen molar-refractivity contribution in [1.82, 2.24) is 19.7 Å². The van der Waals surface area contributed by atoms with E-state index in [1.807, 2.05) is 24.3 Å². The lowest BCUT2D eigenvalue weighted by atomic mass is 10.1. The van der Waals surface area contributed by atoms with Crippen LogP contribution in [0.25, 0.3) is 21.8 Å². The molecule has 29 heavy (non-hydrogen) atoms. The Morgan fingerprint density at radius 3 is 2.48 bits per heavy atom. The molecule has 0 amide bonds. The second-order valence-electron chi connectivity index (χ2n) is 6.25. The van der Waals surface area contributed by atoms with E-state index in [9.17, 15) is 13.2 Å². The Bertz CT molecular complexity index is 1210. The third kappa shape index (κ3) is 3.59. The smallest absolute Gasteiger partial charge is 0.497 e. The first-order chi connectivity index (χ1) is 13.8. The van der Waals surface area contributed by atoms with E-state index in [0.717, 1.165) is 17.5 Å². The quantitative estimate of drug-likeness (QED) is 0.417. The molecule has 0 unspecified atom stereocenters. The molecule has 0 aliphatic carbocycles. The molecule has 0 saturated heterocycles. The maximum absolute atomic E-state index is 13.3. The molecule has 0 spiro atoms. The number of benzene rings is 2. The Morgan fingerprint density at radius 2 is 1.83 bits per heavy atom. The lowest BCUT2D eigenvalue weighted by molar-refractivity contribution is -0.209. The van der Waals surface area contributed by atoms with E-state index < -0.39 is 6.30 Å². The fourth-order valence-electron chi connectivity index (χ4n) is 3.01. The Hall–Kier alpha value is -2.88. The summed E-state index contributed by atoms with van der Waals surface area (Å²) in [6.07, 6.45) is -3.50. The fourth-order valence-corrected chi connectivity index (χ4v) is 3.62. The van der Waals surface area contributed by atoms with E-state index in [2.05, 4.69) is 31.0 Å². The van der Waals surface area contributed by atoms with Crippen LogP contribution in [0.3, 0.4) is 0 Å². The highest BCUT2D eigenvalue weighted by Crippen LogP contribution is 2.37. The Kier molecular flexibility index (Phi) is 4.81. The van der Waals surface area contributed by atoms with E-state index in [0.29, 0.717) is 16.7 Å². The number of aromatic nitrogens is 4. The summed E-state index contributed by atoms with van der Waals surface area (Å²) in [6, 6.07) is 8.86. The number of ether oxygens (including phenoxy) is 2. The van der Waals surface area contributed by atoms with Gasteiger partial charge in [-0.05, 0) is 46.6 Å². The highest BCUT2D eigenvalue weighted by molar-refractivity contribution is 9.10. The molecule has 0 atom stereocenters. The summed E-state index contributed by atoms with van der Waals surface area (Å²) in [5.74, 6) is 1.39. The van der Waals surface area contributed by atoms with Gasteiger partial charge in [0.15, 0.2) is 0 Å². The lowest BCUT2D eigenvalue weighted by Gasteiger charge is -2.12. The first-order valence-electron chi connectivity index (χ1n) is 8.45. The molecule has 0 aliphatic rings. The van der Waals surface area contributed by atoms with Gasteiger partial charge in [-0.25, -0.2) is 4.98 Å². The summed E-state index contributed by atoms with van der Waals surface area (Å²) in [4.78, 5) is 8.65. The van der Waals surface area contributed by atoms with Crippen LogP contribution in [-0.2, 0) is 12.9 Å². The lowest BCUT2D eigenvalue weighted by Crippen LogP contribution is -2.18. The first-order valence-corrected chi connectivity index (χ1v) is 9.24. The predicted molar refractivity (Wildman–Crippen MR) is 104 cm³/mol. The number of methoxy groups -OCH3 is 1. The molecule has 0 N–H and O–H groups in total. The summed E-state index contributed by atoms with van der Waals surface area (Å²) in [7, 11) is 1.58. The monoisotopic (exact) mass is 466 g/mol. The minimum absolute atomic E-state index is 0.0151. The number of hydrogen-bond donors (Lipinski definition) is 0. The van der Waals surface area contributed by atoms with Crippen LogP contribution in [0.5, 0.6) is 11.6 Å². The molecular formula is C19H14BrF3N4O2. The van der Waals surface area contributed by atoms with Crippen molar-refractivity contribution >= 4 is 37.7 Å². The van der Waals surface area contributed by atoms with Crippen molar-refractivity contribution in [3.63, 3.8) is 0 Å². The third-order valence-corrected chi connectivity index (χ3v) is 4.92. The SMILES string of the molecule is COc1ccc(COc2nc(C)nc3c2cc(Br)c2c3cnn2C(F)(F)F)cc1. The van der Waals surface area contributed by atoms with Gasteiger partial charge in [-0.3, -0.25) is 0 Å². The highest BCUT2D eigenvalue weighted by atomic mass is 79.9. The van der Waals surface area contributed by atoms with E-state index >= 15 is 0 Å². The second-order valence-corrected chi connectivity index (χ2v) is 7.11. The maximum Gasteiger partial charge on any atom is 0.505 e. The van der Waals surface area contributed by atoms with E-state index in [4.69, 9.17) is 9.47 Å². The fraction of sp³-hybridized carbons (Fsp3) is 0.211. The normalized spacial score (nSPS) is 11.9. The van der Waals surface area contributed by atoms with Crippen LogP contribution >= 0.6 is 15.9 Å². The summed E-state index contributed by atoms with van der Waals surface area (Å²) >= 11 is 3.22. The van der Waals surface area contributed by atoms with E-state index in [-0.39, 0.29) is 32.5 Å². The van der Waals surface area contributed by atoms with Crippen LogP contribution in [0, 0.1) is 6.92 Å². The largest absolute Gasteiger partial charge is 0.505 e. The van der Waals surface area contributed by atoms with Gasteiger partial charge in [0.25, 0.3) is 0 Å². The van der Waals surface area contributed by atoms with Crippen molar-refractivity contribution in [1.29, 1.82) is 0 Å². The average molecular weight is 467 g/mol. The molecule has 4 aromatic rings. The van der Waals surface area contributed by atoms with Gasteiger partial charge in [0, 0.05) is 9.86 Å². The maximum atomic E-state index is 13.3. The molecule has 150 valence electrons. The molecule has 2 heterocycles. The Labute approximate surface area is 171 Å².